The van der Waals surface area contributed by atoms with E-state index in [1.165, 1.54) is 4.90 Å². The summed E-state index contributed by atoms with van der Waals surface area (Å²) in [6, 6.07) is -0.870. The van der Waals surface area contributed by atoms with Crippen molar-refractivity contribution in [1.82, 2.24) is 10.2 Å². The third kappa shape index (κ3) is 10.2. The van der Waals surface area contributed by atoms with Crippen molar-refractivity contribution in [2.75, 3.05) is 26.3 Å². The summed E-state index contributed by atoms with van der Waals surface area (Å²) in [5.74, 6) is -3.23. The van der Waals surface area contributed by atoms with Crippen LogP contribution in [0.5, 0.6) is 0 Å². The van der Waals surface area contributed by atoms with E-state index in [9.17, 15) is 14.4 Å². The van der Waals surface area contributed by atoms with Gasteiger partial charge < -0.3 is 26.4 Å². The van der Waals surface area contributed by atoms with Gasteiger partial charge in [-0.15, -0.1) is 0 Å². The molecule has 0 heterocycles. The van der Waals surface area contributed by atoms with Gasteiger partial charge in [0, 0.05) is 6.67 Å². The van der Waals surface area contributed by atoms with Crippen molar-refractivity contribution in [1.29, 1.82) is 0 Å². The Hall–Kier alpha value is -1.71. The molecule has 0 aromatic carbocycles. The van der Waals surface area contributed by atoms with E-state index in [0.717, 1.165) is 0 Å². The maximum absolute atomic E-state index is 10.5. The second kappa shape index (κ2) is 10.1. The molecule has 9 nitrogen and oxygen atoms in total. The Kier molecular flexibility index (Phi) is 9.26. The fraction of sp³-hybridized carbons (Fsp3) is 0.727. The van der Waals surface area contributed by atoms with Gasteiger partial charge in [-0.1, -0.05) is 6.42 Å². The molecule has 0 aromatic heterocycles. The standard InChI is InChI=1S/C11H21N3O6/c12-8(11(19)20)3-1-2-4-13-7-14(5-9(15)16)6-10(17)18/h8,13H,1-7,12H2,(H,15,16)(H,17,18)(H,19,20)/t8-/m0/s1. The highest BCUT2D eigenvalue weighted by Gasteiger charge is 2.13. The first-order valence-electron chi connectivity index (χ1n) is 6.18. The molecule has 20 heavy (non-hydrogen) atoms. The summed E-state index contributed by atoms with van der Waals surface area (Å²) in [5.41, 5.74) is 5.33. The topological polar surface area (TPSA) is 153 Å². The van der Waals surface area contributed by atoms with Crippen LogP contribution in [0.15, 0.2) is 0 Å². The molecule has 0 unspecified atom stereocenters. The van der Waals surface area contributed by atoms with E-state index >= 15 is 0 Å². The second-order valence-corrected chi connectivity index (χ2v) is 4.37. The van der Waals surface area contributed by atoms with Crippen molar-refractivity contribution >= 4 is 17.9 Å². The van der Waals surface area contributed by atoms with Gasteiger partial charge in [-0.2, -0.15) is 0 Å². The van der Waals surface area contributed by atoms with Crippen molar-refractivity contribution in [3.63, 3.8) is 0 Å². The van der Waals surface area contributed by atoms with Gasteiger partial charge in [-0.25, -0.2) is 0 Å². The summed E-state index contributed by atoms with van der Waals surface area (Å²) < 4.78 is 0. The average molecular weight is 291 g/mol. The van der Waals surface area contributed by atoms with Crippen LogP contribution in [0.1, 0.15) is 19.3 Å². The molecule has 0 aliphatic carbocycles. The third-order valence-electron chi connectivity index (χ3n) is 2.49. The normalized spacial score (nSPS) is 12.3. The van der Waals surface area contributed by atoms with E-state index in [1.807, 2.05) is 0 Å². The summed E-state index contributed by atoms with van der Waals surface area (Å²) in [7, 11) is 0. The van der Waals surface area contributed by atoms with E-state index in [4.69, 9.17) is 21.1 Å². The molecule has 0 amide bonds. The first-order chi connectivity index (χ1) is 9.32. The molecule has 0 spiro atoms. The van der Waals surface area contributed by atoms with E-state index in [1.54, 1.807) is 0 Å². The maximum atomic E-state index is 10.5. The third-order valence-corrected chi connectivity index (χ3v) is 2.49. The number of hydrogen-bond acceptors (Lipinski definition) is 6. The summed E-state index contributed by atoms with van der Waals surface area (Å²) in [6.07, 6.45) is 1.66. The molecule has 0 rings (SSSR count). The van der Waals surface area contributed by atoms with Crippen molar-refractivity contribution in [3.05, 3.63) is 0 Å². The molecule has 0 aliphatic heterocycles. The number of aliphatic carboxylic acids is 3. The molecule has 0 bridgehead atoms. The minimum Gasteiger partial charge on any atom is -0.480 e. The zero-order valence-electron chi connectivity index (χ0n) is 11.1. The van der Waals surface area contributed by atoms with Crippen LogP contribution < -0.4 is 11.1 Å². The lowest BCUT2D eigenvalue weighted by molar-refractivity contribution is -0.142. The van der Waals surface area contributed by atoms with Gasteiger partial charge >= 0.3 is 17.9 Å². The summed E-state index contributed by atoms with van der Waals surface area (Å²) in [5, 5.41) is 28.7. The first-order valence-corrected chi connectivity index (χ1v) is 6.18. The molecule has 6 N–H and O–H groups in total. The molecule has 0 fully saturated rings. The number of carboxylic acid groups (broad SMARTS) is 3. The largest absolute Gasteiger partial charge is 0.480 e. The van der Waals surface area contributed by atoms with Crippen LogP contribution in [0, 0.1) is 0 Å². The predicted molar refractivity (Wildman–Crippen MR) is 69.2 cm³/mol. The van der Waals surface area contributed by atoms with E-state index < -0.39 is 23.9 Å². The number of nitrogens with zero attached hydrogens (tertiary/aromatic N) is 1. The Morgan fingerprint density at radius 1 is 1.05 bits per heavy atom. The molecule has 1 atom stereocenters. The van der Waals surface area contributed by atoms with Gasteiger partial charge in [0.1, 0.15) is 6.04 Å². The quantitative estimate of drug-likeness (QED) is 0.215. The van der Waals surface area contributed by atoms with Crippen molar-refractivity contribution in [2.45, 2.75) is 25.3 Å². The smallest absolute Gasteiger partial charge is 0.320 e. The molecular formula is C11H21N3O6. The minimum absolute atomic E-state index is 0.142. The van der Waals surface area contributed by atoms with Crippen LogP contribution in [0.25, 0.3) is 0 Å². The average Bonchev–Trinajstić information content (AvgIpc) is 2.31. The van der Waals surface area contributed by atoms with Crippen LogP contribution in [0.3, 0.4) is 0 Å². The maximum Gasteiger partial charge on any atom is 0.320 e. The summed E-state index contributed by atoms with van der Waals surface area (Å²) in [6.45, 7) is -0.0436. The number of carboxylic acids is 3. The van der Waals surface area contributed by atoms with Crippen LogP contribution in [-0.4, -0.2) is 70.5 Å². The van der Waals surface area contributed by atoms with Gasteiger partial charge in [0.15, 0.2) is 0 Å². The lowest BCUT2D eigenvalue weighted by atomic mass is 10.1. The van der Waals surface area contributed by atoms with Crippen LogP contribution >= 0.6 is 0 Å². The number of rotatable bonds is 12. The van der Waals surface area contributed by atoms with Crippen molar-refractivity contribution in [3.8, 4) is 0 Å². The lowest BCUT2D eigenvalue weighted by Gasteiger charge is -2.18. The first kappa shape index (κ1) is 18.3. The Morgan fingerprint density at radius 2 is 1.60 bits per heavy atom. The Labute approximate surface area is 116 Å². The molecular weight excluding hydrogens is 270 g/mol. The fourth-order valence-electron chi connectivity index (χ4n) is 1.53. The molecule has 0 radical (unpaired) electrons. The van der Waals surface area contributed by atoms with Crippen LogP contribution in [-0.2, 0) is 14.4 Å². The monoisotopic (exact) mass is 291 g/mol. The SMILES string of the molecule is N[C@@H](CCCCNCN(CC(=O)O)CC(=O)O)C(=O)O. The van der Waals surface area contributed by atoms with Crippen molar-refractivity contribution in [2.24, 2.45) is 5.73 Å². The molecule has 0 saturated heterocycles. The highest BCUT2D eigenvalue weighted by atomic mass is 16.4. The zero-order chi connectivity index (χ0) is 15.5. The molecule has 116 valence electrons. The molecule has 9 heteroatoms. The Bertz CT molecular complexity index is 320. The molecule has 0 aliphatic rings. The number of nitrogens with two attached hydrogens (primary N) is 1. The van der Waals surface area contributed by atoms with Gasteiger partial charge in [-0.3, -0.25) is 19.3 Å². The van der Waals surface area contributed by atoms with E-state index in [0.29, 0.717) is 25.8 Å². The van der Waals surface area contributed by atoms with E-state index in [2.05, 4.69) is 5.32 Å². The lowest BCUT2D eigenvalue weighted by Crippen LogP contribution is -2.41. The van der Waals surface area contributed by atoms with Crippen LogP contribution in [0.2, 0.25) is 0 Å². The van der Waals surface area contributed by atoms with Crippen LogP contribution in [0.4, 0.5) is 0 Å². The zero-order valence-corrected chi connectivity index (χ0v) is 11.1. The highest BCUT2D eigenvalue weighted by molar-refractivity contribution is 5.73. The predicted octanol–water partition coefficient (Wildman–Crippen LogP) is -1.41. The van der Waals surface area contributed by atoms with Crippen molar-refractivity contribution < 1.29 is 29.7 Å². The number of carbonyl (C=O) groups is 3. The van der Waals surface area contributed by atoms with Gasteiger partial charge in [0.2, 0.25) is 0 Å². The number of hydrogen-bond donors (Lipinski definition) is 5. The van der Waals surface area contributed by atoms with E-state index in [-0.39, 0.29) is 19.8 Å². The molecule has 0 aromatic rings. The second-order valence-electron chi connectivity index (χ2n) is 4.37. The Balaban J connectivity index is 3.75. The van der Waals surface area contributed by atoms with Gasteiger partial charge in [-0.05, 0) is 19.4 Å². The summed E-state index contributed by atoms with van der Waals surface area (Å²) in [4.78, 5) is 32.8. The summed E-state index contributed by atoms with van der Waals surface area (Å²) >= 11 is 0. The Morgan fingerprint density at radius 3 is 2.05 bits per heavy atom. The van der Waals surface area contributed by atoms with Gasteiger partial charge in [0.25, 0.3) is 0 Å². The highest BCUT2D eigenvalue weighted by Crippen LogP contribution is 1.98. The minimum atomic E-state index is -1.10. The fourth-order valence-corrected chi connectivity index (χ4v) is 1.53. The molecule has 0 saturated carbocycles. The van der Waals surface area contributed by atoms with Gasteiger partial charge in [0.05, 0.1) is 13.1 Å². The number of unbranched alkanes of at least 4 members (excludes halogenated alkanes) is 1. The number of nitrogens with one attached hydrogen (secondary N) is 1.